The number of nitrogens with zero attached hydrogens (tertiary/aromatic N) is 1. The van der Waals surface area contributed by atoms with Crippen LogP contribution in [-0.2, 0) is 21.3 Å². The second-order valence-corrected chi connectivity index (χ2v) is 7.65. The minimum atomic E-state index is -3.60. The van der Waals surface area contributed by atoms with Crippen LogP contribution in [0.25, 0.3) is 0 Å². The molecule has 1 aromatic heterocycles. The maximum Gasteiger partial charge on any atom is 0.276 e. The second-order valence-electron chi connectivity index (χ2n) is 5.82. The molecule has 6 nitrogen and oxygen atoms in total. The summed E-state index contributed by atoms with van der Waals surface area (Å²) in [6, 6.07) is 3.36. The predicted molar refractivity (Wildman–Crippen MR) is 79.5 cm³/mol. The molecule has 1 aliphatic heterocycles. The Hall–Kier alpha value is -0.890. The average Bonchev–Trinajstić information content (AvgIpc) is 2.88. The van der Waals surface area contributed by atoms with Gasteiger partial charge in [-0.15, -0.1) is 0 Å². The Kier molecular flexibility index (Phi) is 5.08. The molecule has 0 spiro atoms. The van der Waals surface area contributed by atoms with Crippen molar-refractivity contribution in [3.63, 3.8) is 0 Å². The smallest absolute Gasteiger partial charge is 0.276 e. The van der Waals surface area contributed by atoms with E-state index in [1.807, 2.05) is 27.7 Å². The zero-order valence-corrected chi connectivity index (χ0v) is 13.8. The highest BCUT2D eigenvalue weighted by Crippen LogP contribution is 2.24. The molecule has 1 saturated heterocycles. The minimum Gasteiger partial charge on any atom is -0.447 e. The van der Waals surface area contributed by atoms with Crippen LogP contribution in [0.3, 0.4) is 0 Å². The molecule has 0 radical (unpaired) electrons. The number of ether oxygens (including phenoxy) is 1. The van der Waals surface area contributed by atoms with E-state index < -0.39 is 10.0 Å². The first-order valence-electron chi connectivity index (χ1n) is 7.26. The van der Waals surface area contributed by atoms with Gasteiger partial charge in [0.25, 0.3) is 10.0 Å². The van der Waals surface area contributed by atoms with Crippen LogP contribution in [0.5, 0.6) is 0 Å². The van der Waals surface area contributed by atoms with Crippen molar-refractivity contribution >= 4 is 10.0 Å². The van der Waals surface area contributed by atoms with Gasteiger partial charge in [0.05, 0.1) is 19.3 Å². The molecule has 1 fully saturated rings. The van der Waals surface area contributed by atoms with Gasteiger partial charge in [-0.1, -0.05) is 13.8 Å². The molecule has 1 N–H and O–H groups in total. The van der Waals surface area contributed by atoms with Crippen molar-refractivity contribution in [2.24, 2.45) is 0 Å². The molecule has 0 saturated carbocycles. The summed E-state index contributed by atoms with van der Waals surface area (Å²) in [7, 11) is -3.60. The first-order valence-corrected chi connectivity index (χ1v) is 8.70. The maximum absolute atomic E-state index is 12.7. The van der Waals surface area contributed by atoms with Crippen molar-refractivity contribution in [3.05, 3.63) is 17.9 Å². The number of rotatable bonds is 5. The molecule has 2 rings (SSSR count). The molecule has 21 heavy (non-hydrogen) atoms. The van der Waals surface area contributed by atoms with E-state index in [2.05, 4.69) is 5.32 Å². The number of sulfonamides is 1. The fraction of sp³-hybridized carbons (Fsp3) is 0.714. The van der Waals surface area contributed by atoms with Crippen molar-refractivity contribution < 1.29 is 17.6 Å². The molecule has 120 valence electrons. The zero-order valence-electron chi connectivity index (χ0n) is 13.0. The van der Waals surface area contributed by atoms with E-state index in [4.69, 9.17) is 9.15 Å². The fourth-order valence-electron chi connectivity index (χ4n) is 2.22. The molecule has 1 aliphatic rings. The highest BCUT2D eigenvalue weighted by molar-refractivity contribution is 7.89. The molecule has 7 heteroatoms. The monoisotopic (exact) mass is 316 g/mol. The summed E-state index contributed by atoms with van der Waals surface area (Å²) >= 11 is 0. The normalized spacial score (nSPS) is 24.6. The molecule has 0 aliphatic carbocycles. The van der Waals surface area contributed by atoms with Gasteiger partial charge in [0.1, 0.15) is 5.76 Å². The third-order valence-corrected chi connectivity index (χ3v) is 5.29. The van der Waals surface area contributed by atoms with Gasteiger partial charge < -0.3 is 14.5 Å². The van der Waals surface area contributed by atoms with Gasteiger partial charge in [-0.05, 0) is 26.0 Å². The predicted octanol–water partition coefficient (Wildman–Crippen LogP) is 1.58. The van der Waals surface area contributed by atoms with Crippen molar-refractivity contribution in [1.29, 1.82) is 0 Å². The molecule has 2 unspecified atom stereocenters. The van der Waals surface area contributed by atoms with Gasteiger partial charge in [0, 0.05) is 18.6 Å². The Balaban J connectivity index is 2.15. The van der Waals surface area contributed by atoms with Crippen molar-refractivity contribution in [1.82, 2.24) is 9.62 Å². The summed E-state index contributed by atoms with van der Waals surface area (Å²) < 4.78 is 37.7. The molecule has 2 atom stereocenters. The van der Waals surface area contributed by atoms with E-state index in [1.54, 1.807) is 6.07 Å². The Morgan fingerprint density at radius 2 is 2.10 bits per heavy atom. The summed E-state index contributed by atoms with van der Waals surface area (Å²) in [6.07, 6.45) is -0.104. The number of hydrogen-bond donors (Lipinski definition) is 1. The van der Waals surface area contributed by atoms with Gasteiger partial charge in [0.2, 0.25) is 5.09 Å². The highest BCUT2D eigenvalue weighted by atomic mass is 32.2. The highest BCUT2D eigenvalue weighted by Gasteiger charge is 2.36. The van der Waals surface area contributed by atoms with E-state index in [1.165, 1.54) is 10.4 Å². The van der Waals surface area contributed by atoms with E-state index >= 15 is 0 Å². The van der Waals surface area contributed by atoms with Crippen molar-refractivity contribution in [2.45, 2.75) is 57.5 Å². The Morgan fingerprint density at radius 3 is 2.76 bits per heavy atom. The molecule has 1 aromatic rings. The summed E-state index contributed by atoms with van der Waals surface area (Å²) in [5, 5.41) is 3.20. The van der Waals surface area contributed by atoms with Crippen LogP contribution >= 0.6 is 0 Å². The molecular formula is C14H24N2O4S. The fourth-order valence-corrected chi connectivity index (χ4v) is 3.84. The lowest BCUT2D eigenvalue weighted by molar-refractivity contribution is -0.0175. The average molecular weight is 316 g/mol. The molecule has 0 aromatic carbocycles. The first-order chi connectivity index (χ1) is 9.80. The topological polar surface area (TPSA) is 71.8 Å². The van der Waals surface area contributed by atoms with Gasteiger partial charge in [0.15, 0.2) is 0 Å². The molecule has 0 bridgehead atoms. The quantitative estimate of drug-likeness (QED) is 0.893. The van der Waals surface area contributed by atoms with E-state index in [-0.39, 0.29) is 17.2 Å². The molecule has 2 heterocycles. The lowest BCUT2D eigenvalue weighted by atomic mass is 10.2. The third kappa shape index (κ3) is 3.85. The standard InChI is InChI=1S/C14H24N2O4S/c1-10(2)15-7-13-5-6-14(20-13)21(17,18)16-8-12(4)19-9-11(16)3/h5-6,10-12,15H,7-9H2,1-4H3. The van der Waals surface area contributed by atoms with Crippen LogP contribution < -0.4 is 5.32 Å². The molecule has 0 amide bonds. The van der Waals surface area contributed by atoms with Gasteiger partial charge in [-0.25, -0.2) is 8.42 Å². The van der Waals surface area contributed by atoms with E-state index in [0.717, 1.165) is 0 Å². The van der Waals surface area contributed by atoms with Crippen molar-refractivity contribution in [3.8, 4) is 0 Å². The van der Waals surface area contributed by atoms with Crippen LogP contribution in [-0.4, -0.2) is 44.1 Å². The van der Waals surface area contributed by atoms with E-state index in [0.29, 0.717) is 31.5 Å². The Labute approximate surface area is 126 Å². The van der Waals surface area contributed by atoms with Crippen LogP contribution in [0.4, 0.5) is 0 Å². The largest absolute Gasteiger partial charge is 0.447 e. The van der Waals surface area contributed by atoms with Crippen molar-refractivity contribution in [2.75, 3.05) is 13.2 Å². The minimum absolute atomic E-state index is 0.00371. The Morgan fingerprint density at radius 1 is 1.38 bits per heavy atom. The van der Waals surface area contributed by atoms with Crippen LogP contribution in [0.15, 0.2) is 21.6 Å². The van der Waals surface area contributed by atoms with Gasteiger partial charge in [-0.2, -0.15) is 4.31 Å². The lowest BCUT2D eigenvalue weighted by Gasteiger charge is -2.34. The van der Waals surface area contributed by atoms with E-state index in [9.17, 15) is 8.42 Å². The number of morpholine rings is 1. The van der Waals surface area contributed by atoms with Crippen LogP contribution in [0.2, 0.25) is 0 Å². The van der Waals surface area contributed by atoms with Gasteiger partial charge >= 0.3 is 0 Å². The number of hydrogen-bond acceptors (Lipinski definition) is 5. The van der Waals surface area contributed by atoms with Crippen LogP contribution in [0.1, 0.15) is 33.5 Å². The number of nitrogens with one attached hydrogen (secondary N) is 1. The Bertz CT molecular complexity index is 567. The number of furan rings is 1. The summed E-state index contributed by atoms with van der Waals surface area (Å²) in [4.78, 5) is 0. The zero-order chi connectivity index (χ0) is 15.6. The SMILES string of the molecule is CC(C)NCc1ccc(S(=O)(=O)N2CC(C)OCC2C)o1. The van der Waals surface area contributed by atoms with Gasteiger partial charge in [-0.3, -0.25) is 0 Å². The summed E-state index contributed by atoms with van der Waals surface area (Å²) in [6.45, 7) is 9.03. The second kappa shape index (κ2) is 6.48. The maximum atomic E-state index is 12.7. The van der Waals surface area contributed by atoms with Crippen LogP contribution in [0, 0.1) is 0 Å². The molecular weight excluding hydrogens is 292 g/mol. The summed E-state index contributed by atoms with van der Waals surface area (Å²) in [5.74, 6) is 0.622. The third-order valence-electron chi connectivity index (χ3n) is 3.44. The first kappa shape index (κ1) is 16.5. The lowest BCUT2D eigenvalue weighted by Crippen LogP contribution is -2.49. The summed E-state index contributed by atoms with van der Waals surface area (Å²) in [5.41, 5.74) is 0.